The number of hydrogen-bond acceptors (Lipinski definition) is 7. The summed E-state index contributed by atoms with van der Waals surface area (Å²) < 4.78 is 33.9. The Morgan fingerprint density at radius 2 is 1.97 bits per heavy atom. The molecule has 2 N–H and O–H groups in total. The number of aromatic nitrogens is 1. The van der Waals surface area contributed by atoms with Gasteiger partial charge in [-0.3, -0.25) is 4.72 Å². The van der Waals surface area contributed by atoms with Gasteiger partial charge in [-0.05, 0) is 55.5 Å². The van der Waals surface area contributed by atoms with Gasteiger partial charge in [0.15, 0.2) is 5.03 Å². The van der Waals surface area contributed by atoms with Crippen LogP contribution in [0.4, 0.5) is 5.69 Å². The van der Waals surface area contributed by atoms with E-state index in [1.807, 2.05) is 19.1 Å². The lowest BCUT2D eigenvalue weighted by atomic mass is 9.79. The largest absolute Gasteiger partial charge is 0.511 e. The van der Waals surface area contributed by atoms with E-state index in [9.17, 15) is 18.3 Å². The number of sulfonamides is 1. The molecule has 3 atom stereocenters. The molecule has 2 aromatic rings. The molecule has 35 heavy (non-hydrogen) atoms. The molecule has 1 aliphatic carbocycles. The number of nitriles is 1. The molecule has 2 aliphatic rings. The molecule has 1 aromatic heterocycles. The van der Waals surface area contributed by atoms with Gasteiger partial charge in [-0.1, -0.05) is 38.3 Å². The number of carbonyl (C=O) groups excluding carboxylic acids is 1. The summed E-state index contributed by atoms with van der Waals surface area (Å²) in [4.78, 5) is 16.9. The topological polar surface area (TPSA) is 129 Å². The molecule has 0 radical (unpaired) electrons. The molecule has 2 heterocycles. The smallest absolute Gasteiger partial charge is 0.338 e. The molecule has 1 aromatic carbocycles. The molecule has 0 amide bonds. The highest BCUT2D eigenvalue weighted by Crippen LogP contribution is 2.41. The number of anilines is 1. The van der Waals surface area contributed by atoms with Crippen LogP contribution in [-0.2, 0) is 19.6 Å². The van der Waals surface area contributed by atoms with Crippen molar-refractivity contribution in [1.82, 2.24) is 4.98 Å². The second-order valence-electron chi connectivity index (χ2n) is 9.03. The van der Waals surface area contributed by atoms with E-state index in [0.717, 1.165) is 38.5 Å². The van der Waals surface area contributed by atoms with Gasteiger partial charge in [0.1, 0.15) is 17.9 Å². The SMILES string of the molecule is CCC(C1=C(O)C2CCCCCCC2OC1=O)c1cccc(NS(=O)(=O)c2ccc(C#N)cn2)c1. The molecule has 184 valence electrons. The van der Waals surface area contributed by atoms with E-state index in [0.29, 0.717) is 17.7 Å². The summed E-state index contributed by atoms with van der Waals surface area (Å²) in [7, 11) is -3.98. The minimum Gasteiger partial charge on any atom is -0.511 e. The maximum atomic E-state index is 13.0. The van der Waals surface area contributed by atoms with Gasteiger partial charge in [0.25, 0.3) is 10.0 Å². The number of nitrogens with zero attached hydrogens (tertiary/aromatic N) is 2. The lowest BCUT2D eigenvalue weighted by Crippen LogP contribution is -2.37. The Hall–Kier alpha value is -3.38. The third-order valence-electron chi connectivity index (χ3n) is 6.75. The van der Waals surface area contributed by atoms with Gasteiger partial charge < -0.3 is 9.84 Å². The Kier molecular flexibility index (Phi) is 7.41. The number of aliphatic hydroxyl groups is 1. The number of nitrogens with one attached hydrogen (secondary N) is 1. The van der Waals surface area contributed by atoms with E-state index < -0.39 is 21.9 Å². The highest BCUT2D eigenvalue weighted by Gasteiger charge is 2.40. The van der Waals surface area contributed by atoms with Gasteiger partial charge in [0.05, 0.1) is 17.1 Å². The second-order valence-corrected chi connectivity index (χ2v) is 10.7. The van der Waals surface area contributed by atoms with E-state index in [2.05, 4.69) is 9.71 Å². The number of fused-ring (bicyclic) bond motifs is 1. The average Bonchev–Trinajstić information content (AvgIpc) is 2.83. The van der Waals surface area contributed by atoms with E-state index in [1.165, 1.54) is 18.3 Å². The maximum Gasteiger partial charge on any atom is 0.338 e. The Morgan fingerprint density at radius 3 is 2.66 bits per heavy atom. The summed E-state index contributed by atoms with van der Waals surface area (Å²) in [6.45, 7) is 1.92. The van der Waals surface area contributed by atoms with E-state index in [1.54, 1.807) is 18.2 Å². The molecule has 9 heteroatoms. The van der Waals surface area contributed by atoms with Crippen molar-refractivity contribution in [3.8, 4) is 6.07 Å². The zero-order valence-corrected chi connectivity index (χ0v) is 20.4. The summed E-state index contributed by atoms with van der Waals surface area (Å²) in [5.41, 5.74) is 1.53. The number of hydrogen-bond donors (Lipinski definition) is 2. The molecule has 3 unspecified atom stereocenters. The lowest BCUT2D eigenvalue weighted by Gasteiger charge is -2.35. The van der Waals surface area contributed by atoms with Crippen molar-refractivity contribution in [2.24, 2.45) is 5.92 Å². The van der Waals surface area contributed by atoms with Crippen LogP contribution >= 0.6 is 0 Å². The van der Waals surface area contributed by atoms with Crippen LogP contribution in [0.15, 0.2) is 59.0 Å². The minimum absolute atomic E-state index is 0.118. The van der Waals surface area contributed by atoms with Crippen LogP contribution in [0.3, 0.4) is 0 Å². The van der Waals surface area contributed by atoms with Crippen LogP contribution < -0.4 is 4.72 Å². The van der Waals surface area contributed by atoms with E-state index >= 15 is 0 Å². The predicted octanol–water partition coefficient (Wildman–Crippen LogP) is 4.96. The average molecular weight is 496 g/mol. The third-order valence-corrected chi connectivity index (χ3v) is 8.04. The highest BCUT2D eigenvalue weighted by atomic mass is 32.2. The van der Waals surface area contributed by atoms with Gasteiger partial charge >= 0.3 is 5.97 Å². The number of carbonyl (C=O) groups is 1. The Bertz CT molecular complexity index is 1260. The van der Waals surface area contributed by atoms with E-state index in [4.69, 9.17) is 10.00 Å². The van der Waals surface area contributed by atoms with Gasteiger partial charge in [-0.25, -0.2) is 9.78 Å². The predicted molar refractivity (Wildman–Crippen MR) is 130 cm³/mol. The number of ether oxygens (including phenoxy) is 1. The zero-order valence-electron chi connectivity index (χ0n) is 19.6. The van der Waals surface area contributed by atoms with Crippen molar-refractivity contribution < 1.29 is 23.1 Å². The number of aliphatic hydroxyl groups excluding tert-OH is 1. The van der Waals surface area contributed by atoms with Gasteiger partial charge in [0.2, 0.25) is 0 Å². The first-order chi connectivity index (χ1) is 16.8. The Balaban J connectivity index is 1.63. The van der Waals surface area contributed by atoms with Crippen LogP contribution in [-0.4, -0.2) is 30.6 Å². The lowest BCUT2D eigenvalue weighted by molar-refractivity contribution is -0.151. The standard InChI is InChI=1S/C26H29N3O5S/c1-2-20(24-25(30)21-10-5-3-4-6-11-22(21)34-26(24)31)18-8-7-9-19(14-18)29-35(32,33)23-13-12-17(15-27)16-28-23/h7-9,12-14,16,20-22,29-30H,2-6,10-11H2,1H3. The van der Waals surface area contributed by atoms with Crippen molar-refractivity contribution in [3.05, 3.63) is 65.1 Å². The molecule has 1 aliphatic heterocycles. The van der Waals surface area contributed by atoms with Gasteiger partial charge in [-0.2, -0.15) is 13.7 Å². The van der Waals surface area contributed by atoms with Gasteiger partial charge in [0, 0.05) is 17.8 Å². The second kappa shape index (κ2) is 10.5. The number of rotatable bonds is 6. The first-order valence-electron chi connectivity index (χ1n) is 12.0. The van der Waals surface area contributed by atoms with Crippen molar-refractivity contribution in [3.63, 3.8) is 0 Å². The first-order valence-corrected chi connectivity index (χ1v) is 13.4. The van der Waals surface area contributed by atoms with Crippen LogP contribution in [0.25, 0.3) is 0 Å². The number of pyridine rings is 1. The van der Waals surface area contributed by atoms with Crippen molar-refractivity contribution >= 4 is 21.7 Å². The van der Waals surface area contributed by atoms with Crippen LogP contribution in [0.5, 0.6) is 0 Å². The molecule has 0 spiro atoms. The minimum atomic E-state index is -3.98. The molecule has 4 rings (SSSR count). The summed E-state index contributed by atoms with van der Waals surface area (Å²) in [5.74, 6) is -1.01. The zero-order chi connectivity index (χ0) is 25.0. The molecular formula is C26H29N3O5S. The molecule has 0 saturated heterocycles. The van der Waals surface area contributed by atoms with Crippen molar-refractivity contribution in [2.45, 2.75) is 68.9 Å². The fraction of sp³-hybridized carbons (Fsp3) is 0.423. The normalized spacial score (nSPS) is 21.7. The Labute approximate surface area is 205 Å². The van der Waals surface area contributed by atoms with Crippen LogP contribution in [0, 0.1) is 17.2 Å². The molecular weight excluding hydrogens is 466 g/mol. The van der Waals surface area contributed by atoms with Crippen LogP contribution in [0.1, 0.15) is 68.9 Å². The first kappa shape index (κ1) is 24.7. The van der Waals surface area contributed by atoms with Crippen LogP contribution in [0.2, 0.25) is 0 Å². The van der Waals surface area contributed by atoms with E-state index in [-0.39, 0.29) is 33.9 Å². The van der Waals surface area contributed by atoms with Crippen molar-refractivity contribution in [2.75, 3.05) is 4.72 Å². The fourth-order valence-electron chi connectivity index (χ4n) is 4.97. The fourth-order valence-corrected chi connectivity index (χ4v) is 5.95. The third kappa shape index (κ3) is 5.33. The highest BCUT2D eigenvalue weighted by molar-refractivity contribution is 7.92. The summed E-state index contributed by atoms with van der Waals surface area (Å²) in [5, 5.41) is 19.9. The number of esters is 1. The monoisotopic (exact) mass is 495 g/mol. The molecule has 8 nitrogen and oxygen atoms in total. The molecule has 1 saturated carbocycles. The quantitative estimate of drug-likeness (QED) is 0.542. The molecule has 0 bridgehead atoms. The maximum absolute atomic E-state index is 13.0. The summed E-state index contributed by atoms with van der Waals surface area (Å²) in [6, 6.07) is 11.3. The number of benzene rings is 1. The molecule has 1 fully saturated rings. The van der Waals surface area contributed by atoms with Crippen molar-refractivity contribution in [1.29, 1.82) is 5.26 Å². The Morgan fingerprint density at radius 1 is 1.20 bits per heavy atom. The summed E-state index contributed by atoms with van der Waals surface area (Å²) >= 11 is 0. The summed E-state index contributed by atoms with van der Waals surface area (Å²) in [6.07, 6.45) is 7.14. The van der Waals surface area contributed by atoms with Gasteiger partial charge in [-0.15, -0.1) is 0 Å².